The molecule has 1 atom stereocenters. The van der Waals surface area contributed by atoms with Crippen molar-refractivity contribution < 1.29 is 14.8 Å². The Morgan fingerprint density at radius 2 is 2.09 bits per heavy atom. The maximum Gasteiger partial charge on any atom is 0.312 e. The molecular formula is C14H14ClN3O4. The highest BCUT2D eigenvalue weighted by molar-refractivity contribution is 6.30. The van der Waals surface area contributed by atoms with E-state index in [9.17, 15) is 14.9 Å². The lowest BCUT2D eigenvalue weighted by Gasteiger charge is -2.14. The normalized spacial score (nSPS) is 12.1. The van der Waals surface area contributed by atoms with Crippen molar-refractivity contribution >= 4 is 23.3 Å². The van der Waals surface area contributed by atoms with Crippen molar-refractivity contribution in [1.82, 2.24) is 10.2 Å². The molecule has 0 spiro atoms. The predicted molar refractivity (Wildman–Crippen MR) is 80.1 cm³/mol. The molecule has 22 heavy (non-hydrogen) atoms. The molecular weight excluding hydrogens is 310 g/mol. The summed E-state index contributed by atoms with van der Waals surface area (Å²) in [5, 5.41) is 27.2. The fourth-order valence-corrected chi connectivity index (χ4v) is 2.47. The van der Waals surface area contributed by atoms with Gasteiger partial charge in [0.2, 0.25) is 0 Å². The minimum atomic E-state index is -0.977. The largest absolute Gasteiger partial charge is 0.481 e. The molecule has 2 N–H and O–H groups in total. The lowest BCUT2D eigenvalue weighted by molar-refractivity contribution is -0.386. The van der Waals surface area contributed by atoms with Gasteiger partial charge in [-0.15, -0.1) is 0 Å². The van der Waals surface area contributed by atoms with Gasteiger partial charge in [-0.1, -0.05) is 23.7 Å². The fraction of sp³-hybridized carbons (Fsp3) is 0.286. The molecule has 0 aliphatic carbocycles. The van der Waals surface area contributed by atoms with E-state index in [-0.39, 0.29) is 24.2 Å². The second-order valence-corrected chi connectivity index (χ2v) is 5.39. The summed E-state index contributed by atoms with van der Waals surface area (Å²) in [6.45, 7) is 1.56. The minimum Gasteiger partial charge on any atom is -0.481 e. The third-order valence-electron chi connectivity index (χ3n) is 3.37. The zero-order chi connectivity index (χ0) is 16.3. The van der Waals surface area contributed by atoms with E-state index >= 15 is 0 Å². The Labute approximate surface area is 131 Å². The second kappa shape index (κ2) is 6.57. The Hall–Kier alpha value is -2.41. The van der Waals surface area contributed by atoms with Crippen LogP contribution in [0.5, 0.6) is 0 Å². The molecule has 0 aliphatic rings. The third-order valence-corrected chi connectivity index (χ3v) is 3.62. The van der Waals surface area contributed by atoms with Crippen LogP contribution >= 0.6 is 11.6 Å². The number of aromatic amines is 1. The Morgan fingerprint density at radius 1 is 1.45 bits per heavy atom. The van der Waals surface area contributed by atoms with E-state index in [1.807, 2.05) is 0 Å². The Kier molecular flexibility index (Phi) is 4.77. The number of rotatable bonds is 6. The van der Waals surface area contributed by atoms with Gasteiger partial charge in [0.25, 0.3) is 0 Å². The van der Waals surface area contributed by atoms with E-state index in [1.165, 1.54) is 0 Å². The van der Waals surface area contributed by atoms with Crippen LogP contribution in [-0.4, -0.2) is 26.2 Å². The lowest BCUT2D eigenvalue weighted by atomic mass is 9.91. The molecule has 1 unspecified atom stereocenters. The number of nitrogens with zero attached hydrogens (tertiary/aromatic N) is 2. The van der Waals surface area contributed by atoms with Gasteiger partial charge in [-0.05, 0) is 24.6 Å². The van der Waals surface area contributed by atoms with Crippen LogP contribution in [0.1, 0.15) is 29.3 Å². The third kappa shape index (κ3) is 3.62. The molecule has 2 rings (SSSR count). The summed E-state index contributed by atoms with van der Waals surface area (Å²) in [5.41, 5.74) is 1.26. The van der Waals surface area contributed by atoms with Gasteiger partial charge in [0.15, 0.2) is 0 Å². The SMILES string of the molecule is Cc1[nH]nc(CC(CC(=O)O)c2ccc(Cl)cc2)c1[N+](=O)[O-]. The van der Waals surface area contributed by atoms with E-state index in [2.05, 4.69) is 10.2 Å². The highest BCUT2D eigenvalue weighted by atomic mass is 35.5. The lowest BCUT2D eigenvalue weighted by Crippen LogP contribution is -2.10. The van der Waals surface area contributed by atoms with Crippen molar-refractivity contribution in [3.8, 4) is 0 Å². The molecule has 0 aliphatic heterocycles. The van der Waals surface area contributed by atoms with Crippen molar-refractivity contribution in [2.75, 3.05) is 0 Å². The summed E-state index contributed by atoms with van der Waals surface area (Å²) in [6, 6.07) is 6.77. The molecule has 1 aromatic heterocycles. The average Bonchev–Trinajstić information content (AvgIpc) is 2.79. The van der Waals surface area contributed by atoms with Gasteiger partial charge in [0, 0.05) is 17.4 Å². The topological polar surface area (TPSA) is 109 Å². The number of nitrogens with one attached hydrogen (secondary N) is 1. The summed E-state index contributed by atoms with van der Waals surface area (Å²) in [4.78, 5) is 21.7. The fourth-order valence-electron chi connectivity index (χ4n) is 2.35. The second-order valence-electron chi connectivity index (χ2n) is 4.95. The highest BCUT2D eigenvalue weighted by Crippen LogP contribution is 2.30. The monoisotopic (exact) mass is 323 g/mol. The predicted octanol–water partition coefficient (Wildman–Crippen LogP) is 3.08. The van der Waals surface area contributed by atoms with Gasteiger partial charge in [0.1, 0.15) is 11.4 Å². The Balaban J connectivity index is 2.33. The van der Waals surface area contributed by atoms with Crippen molar-refractivity contribution in [3.05, 3.63) is 56.4 Å². The molecule has 0 saturated heterocycles. The molecule has 0 bridgehead atoms. The van der Waals surface area contributed by atoms with Crippen LogP contribution in [-0.2, 0) is 11.2 Å². The van der Waals surface area contributed by atoms with Crippen LogP contribution in [0.25, 0.3) is 0 Å². The van der Waals surface area contributed by atoms with Gasteiger partial charge in [-0.2, -0.15) is 5.10 Å². The van der Waals surface area contributed by atoms with Crippen LogP contribution < -0.4 is 0 Å². The number of carboxylic acid groups (broad SMARTS) is 1. The Bertz CT molecular complexity index is 697. The number of aromatic nitrogens is 2. The quantitative estimate of drug-likeness (QED) is 0.627. The van der Waals surface area contributed by atoms with E-state index in [4.69, 9.17) is 16.7 Å². The number of hydrogen-bond donors (Lipinski definition) is 2. The number of halogens is 1. The molecule has 0 amide bonds. The molecule has 116 valence electrons. The number of aryl methyl sites for hydroxylation is 1. The maximum absolute atomic E-state index is 11.1. The highest BCUT2D eigenvalue weighted by Gasteiger charge is 2.26. The van der Waals surface area contributed by atoms with Crippen LogP contribution in [0.2, 0.25) is 5.02 Å². The first-order valence-corrected chi connectivity index (χ1v) is 6.91. The number of nitro groups is 1. The van der Waals surface area contributed by atoms with Crippen LogP contribution in [0, 0.1) is 17.0 Å². The van der Waals surface area contributed by atoms with Crippen molar-refractivity contribution in [2.24, 2.45) is 0 Å². The number of benzene rings is 1. The molecule has 1 aromatic carbocycles. The number of carboxylic acids is 1. The number of aliphatic carboxylic acids is 1. The van der Waals surface area contributed by atoms with E-state index in [0.717, 1.165) is 5.56 Å². The first-order chi connectivity index (χ1) is 10.4. The zero-order valence-corrected chi connectivity index (χ0v) is 12.5. The molecule has 1 heterocycles. The smallest absolute Gasteiger partial charge is 0.312 e. The summed E-state index contributed by atoms with van der Waals surface area (Å²) >= 11 is 5.83. The van der Waals surface area contributed by atoms with Crippen LogP contribution in [0.4, 0.5) is 5.69 Å². The molecule has 7 nitrogen and oxygen atoms in total. The first kappa shape index (κ1) is 16.0. The van der Waals surface area contributed by atoms with E-state index < -0.39 is 16.8 Å². The Morgan fingerprint density at radius 3 is 2.64 bits per heavy atom. The van der Waals surface area contributed by atoms with Crippen molar-refractivity contribution in [2.45, 2.75) is 25.7 Å². The van der Waals surface area contributed by atoms with Gasteiger partial charge >= 0.3 is 11.7 Å². The summed E-state index contributed by atoms with van der Waals surface area (Å²) < 4.78 is 0. The number of hydrogen-bond acceptors (Lipinski definition) is 4. The number of carbonyl (C=O) groups is 1. The minimum absolute atomic E-state index is 0.0932. The summed E-state index contributed by atoms with van der Waals surface area (Å²) in [7, 11) is 0. The number of H-pyrrole nitrogens is 1. The van der Waals surface area contributed by atoms with Gasteiger partial charge in [0.05, 0.1) is 11.3 Å². The first-order valence-electron chi connectivity index (χ1n) is 6.54. The molecule has 0 saturated carbocycles. The van der Waals surface area contributed by atoms with Gasteiger partial charge < -0.3 is 5.11 Å². The molecule has 8 heteroatoms. The molecule has 0 fully saturated rings. The standard InChI is InChI=1S/C14H14ClN3O4/c1-8-14(18(21)22)12(17-16-8)6-10(7-13(19)20)9-2-4-11(15)5-3-9/h2-5,10H,6-7H2,1H3,(H,16,17)(H,19,20). The molecule has 0 radical (unpaired) electrons. The van der Waals surface area contributed by atoms with E-state index in [0.29, 0.717) is 10.7 Å². The average molecular weight is 324 g/mol. The maximum atomic E-state index is 11.1. The summed E-state index contributed by atoms with van der Waals surface area (Å²) in [6.07, 6.45) is 0.0132. The van der Waals surface area contributed by atoms with Crippen LogP contribution in [0.15, 0.2) is 24.3 Å². The van der Waals surface area contributed by atoms with Crippen molar-refractivity contribution in [3.63, 3.8) is 0 Å². The van der Waals surface area contributed by atoms with Crippen LogP contribution in [0.3, 0.4) is 0 Å². The van der Waals surface area contributed by atoms with Crippen molar-refractivity contribution in [1.29, 1.82) is 0 Å². The van der Waals surface area contributed by atoms with Gasteiger partial charge in [-0.3, -0.25) is 20.0 Å². The van der Waals surface area contributed by atoms with E-state index in [1.54, 1.807) is 31.2 Å². The zero-order valence-electron chi connectivity index (χ0n) is 11.7. The van der Waals surface area contributed by atoms with Gasteiger partial charge in [-0.25, -0.2) is 0 Å². The molecule has 2 aromatic rings. The summed E-state index contributed by atoms with van der Waals surface area (Å²) in [5.74, 6) is -1.40.